The minimum Gasteiger partial charge on any atom is -0.493 e. The lowest BCUT2D eigenvalue weighted by Gasteiger charge is -2.32. The molecule has 1 N–H and O–H groups in total. The van der Waals surface area contributed by atoms with E-state index < -0.39 is 6.04 Å². The molecule has 1 fully saturated rings. The van der Waals surface area contributed by atoms with Gasteiger partial charge < -0.3 is 19.7 Å². The molecule has 0 radical (unpaired) electrons. The summed E-state index contributed by atoms with van der Waals surface area (Å²) in [6.07, 6.45) is 5.24. The number of hydrogen-bond acceptors (Lipinski definition) is 4. The quantitative estimate of drug-likeness (QED) is 0.260. The third kappa shape index (κ3) is 7.92. The number of rotatable bonds is 12. The standard InChI is InChI=1S/C32H36Cl2N2O4/c1-39-29-16-13-23(20-30(29)40-2)14-17-31(37)36(21-24-12-15-26(33)27(34)18-24)28(19-22-8-4-3-5-9-22)32(38)35-25-10-6-7-11-25/h3-5,8-9,12-13,15-16,18,20,25,28H,6-7,10-11,14,17,19,21H2,1-2H3,(H,35,38)/t28-/m1/s1. The fraction of sp³-hybridized carbons (Fsp3) is 0.375. The summed E-state index contributed by atoms with van der Waals surface area (Å²) in [6.45, 7) is 0.233. The Morgan fingerprint density at radius 1 is 0.875 bits per heavy atom. The van der Waals surface area contributed by atoms with Crippen LogP contribution in [0.4, 0.5) is 0 Å². The average Bonchev–Trinajstić information content (AvgIpc) is 3.48. The molecule has 4 rings (SSSR count). The maximum Gasteiger partial charge on any atom is 0.243 e. The minimum absolute atomic E-state index is 0.122. The first-order valence-corrected chi connectivity index (χ1v) is 14.4. The summed E-state index contributed by atoms with van der Waals surface area (Å²) in [7, 11) is 3.17. The lowest BCUT2D eigenvalue weighted by molar-refractivity contribution is -0.141. The number of hydrogen-bond donors (Lipinski definition) is 1. The van der Waals surface area contributed by atoms with Crippen LogP contribution in [0.3, 0.4) is 0 Å². The van der Waals surface area contributed by atoms with Gasteiger partial charge in [-0.3, -0.25) is 9.59 Å². The minimum atomic E-state index is -0.685. The molecule has 0 unspecified atom stereocenters. The molecule has 1 atom stereocenters. The van der Waals surface area contributed by atoms with Crippen molar-refractivity contribution in [3.63, 3.8) is 0 Å². The second-order valence-corrected chi connectivity index (χ2v) is 11.0. The van der Waals surface area contributed by atoms with Crippen LogP contribution in [0.1, 0.15) is 48.8 Å². The van der Waals surface area contributed by atoms with Crippen LogP contribution in [0.2, 0.25) is 10.0 Å². The lowest BCUT2D eigenvalue weighted by atomic mass is 10.0. The lowest BCUT2D eigenvalue weighted by Crippen LogP contribution is -2.52. The van der Waals surface area contributed by atoms with E-state index in [0.717, 1.165) is 42.4 Å². The second-order valence-electron chi connectivity index (χ2n) is 10.2. The number of aryl methyl sites for hydroxylation is 1. The molecule has 212 valence electrons. The van der Waals surface area contributed by atoms with Crippen molar-refractivity contribution in [3.05, 3.63) is 93.5 Å². The normalized spacial score (nSPS) is 14.0. The number of ether oxygens (including phenoxy) is 2. The zero-order chi connectivity index (χ0) is 28.5. The number of nitrogens with zero attached hydrogens (tertiary/aromatic N) is 1. The summed E-state index contributed by atoms with van der Waals surface area (Å²) < 4.78 is 10.8. The Morgan fingerprint density at radius 2 is 1.57 bits per heavy atom. The number of methoxy groups -OCH3 is 2. The van der Waals surface area contributed by atoms with Crippen molar-refractivity contribution in [3.8, 4) is 11.5 Å². The summed E-state index contributed by atoms with van der Waals surface area (Å²) in [5, 5.41) is 4.08. The van der Waals surface area contributed by atoms with Gasteiger partial charge in [-0.25, -0.2) is 0 Å². The molecule has 8 heteroatoms. The number of carbonyl (C=O) groups excluding carboxylic acids is 2. The molecule has 0 bridgehead atoms. The van der Waals surface area contributed by atoms with E-state index in [9.17, 15) is 9.59 Å². The van der Waals surface area contributed by atoms with E-state index >= 15 is 0 Å². The number of carbonyl (C=O) groups is 2. The summed E-state index contributed by atoms with van der Waals surface area (Å²) in [5.74, 6) is 0.988. The molecule has 0 aliphatic heterocycles. The molecule has 0 heterocycles. The molecular formula is C32H36Cl2N2O4. The fourth-order valence-electron chi connectivity index (χ4n) is 5.19. The molecule has 2 amide bonds. The van der Waals surface area contributed by atoms with Gasteiger partial charge in [0.1, 0.15) is 6.04 Å². The van der Waals surface area contributed by atoms with Gasteiger partial charge in [0.2, 0.25) is 11.8 Å². The van der Waals surface area contributed by atoms with Gasteiger partial charge in [0, 0.05) is 25.4 Å². The van der Waals surface area contributed by atoms with Gasteiger partial charge in [-0.2, -0.15) is 0 Å². The zero-order valence-corrected chi connectivity index (χ0v) is 24.5. The first-order chi connectivity index (χ1) is 19.4. The molecule has 0 spiro atoms. The summed E-state index contributed by atoms with van der Waals surface area (Å²) in [5.41, 5.74) is 2.73. The predicted octanol–water partition coefficient (Wildman–Crippen LogP) is 6.64. The van der Waals surface area contributed by atoms with Crippen molar-refractivity contribution in [2.45, 2.75) is 63.6 Å². The van der Waals surface area contributed by atoms with Crippen molar-refractivity contribution in [2.24, 2.45) is 0 Å². The van der Waals surface area contributed by atoms with E-state index in [1.807, 2.05) is 54.6 Å². The van der Waals surface area contributed by atoms with Crippen LogP contribution in [0, 0.1) is 0 Å². The van der Waals surface area contributed by atoms with Crippen LogP contribution in [0.25, 0.3) is 0 Å². The van der Waals surface area contributed by atoms with Crippen molar-refractivity contribution >= 4 is 35.0 Å². The van der Waals surface area contributed by atoms with E-state index in [1.165, 1.54) is 0 Å². The highest BCUT2D eigenvalue weighted by molar-refractivity contribution is 6.42. The summed E-state index contributed by atoms with van der Waals surface area (Å²) >= 11 is 12.5. The van der Waals surface area contributed by atoms with Crippen LogP contribution in [0.5, 0.6) is 11.5 Å². The van der Waals surface area contributed by atoms with E-state index in [1.54, 1.807) is 31.3 Å². The third-order valence-corrected chi connectivity index (χ3v) is 8.12. The summed E-state index contributed by atoms with van der Waals surface area (Å²) in [6, 6.07) is 20.2. The predicted molar refractivity (Wildman–Crippen MR) is 159 cm³/mol. The van der Waals surface area contributed by atoms with Crippen molar-refractivity contribution in [1.82, 2.24) is 10.2 Å². The molecule has 1 aliphatic carbocycles. The Balaban J connectivity index is 1.62. The first kappa shape index (κ1) is 29.8. The molecule has 1 aliphatic rings. The number of halogens is 2. The topological polar surface area (TPSA) is 67.9 Å². The van der Waals surface area contributed by atoms with Gasteiger partial charge in [0.25, 0.3) is 0 Å². The van der Waals surface area contributed by atoms with Gasteiger partial charge in [-0.1, -0.05) is 78.5 Å². The van der Waals surface area contributed by atoms with E-state index in [4.69, 9.17) is 32.7 Å². The maximum absolute atomic E-state index is 14.0. The third-order valence-electron chi connectivity index (χ3n) is 7.39. The monoisotopic (exact) mass is 582 g/mol. The second kappa shape index (κ2) is 14.4. The van der Waals surface area contributed by atoms with Crippen molar-refractivity contribution in [2.75, 3.05) is 14.2 Å². The molecule has 0 saturated heterocycles. The molecule has 1 saturated carbocycles. The van der Waals surface area contributed by atoms with Crippen LogP contribution in [-0.2, 0) is 29.0 Å². The Hall–Kier alpha value is -3.22. The maximum atomic E-state index is 14.0. The highest BCUT2D eigenvalue weighted by atomic mass is 35.5. The smallest absolute Gasteiger partial charge is 0.243 e. The van der Waals surface area contributed by atoms with E-state index in [2.05, 4.69) is 5.32 Å². The molecular weight excluding hydrogens is 547 g/mol. The molecule has 3 aromatic carbocycles. The van der Waals surface area contributed by atoms with Gasteiger partial charge in [0.15, 0.2) is 11.5 Å². The molecule has 0 aromatic heterocycles. The summed E-state index contributed by atoms with van der Waals surface area (Å²) in [4.78, 5) is 29.5. The van der Waals surface area contributed by atoms with Crippen LogP contribution in [-0.4, -0.2) is 43.0 Å². The largest absolute Gasteiger partial charge is 0.493 e. The first-order valence-electron chi connectivity index (χ1n) is 13.7. The Bertz CT molecular complexity index is 1300. The molecule has 3 aromatic rings. The van der Waals surface area contributed by atoms with Gasteiger partial charge in [-0.05, 0) is 60.2 Å². The number of amides is 2. The SMILES string of the molecule is COc1ccc(CCC(=O)N(Cc2ccc(Cl)c(Cl)c2)[C@H](Cc2ccccc2)C(=O)NC2CCCC2)cc1OC. The fourth-order valence-corrected chi connectivity index (χ4v) is 5.51. The van der Waals surface area contributed by atoms with Crippen LogP contribution >= 0.6 is 23.2 Å². The molecule has 40 heavy (non-hydrogen) atoms. The van der Waals surface area contributed by atoms with E-state index in [-0.39, 0.29) is 30.8 Å². The van der Waals surface area contributed by atoms with Gasteiger partial charge in [-0.15, -0.1) is 0 Å². The van der Waals surface area contributed by atoms with Gasteiger partial charge >= 0.3 is 0 Å². The zero-order valence-electron chi connectivity index (χ0n) is 23.0. The van der Waals surface area contributed by atoms with Crippen LogP contribution < -0.4 is 14.8 Å². The Labute approximate surface area is 246 Å². The van der Waals surface area contributed by atoms with Crippen molar-refractivity contribution < 1.29 is 19.1 Å². The molecule has 6 nitrogen and oxygen atoms in total. The Morgan fingerprint density at radius 3 is 2.25 bits per heavy atom. The highest BCUT2D eigenvalue weighted by Gasteiger charge is 2.32. The van der Waals surface area contributed by atoms with Crippen molar-refractivity contribution in [1.29, 1.82) is 0 Å². The number of benzene rings is 3. The average molecular weight is 584 g/mol. The Kier molecular flexibility index (Phi) is 10.7. The number of nitrogens with one attached hydrogen (secondary N) is 1. The van der Waals surface area contributed by atoms with Crippen LogP contribution in [0.15, 0.2) is 66.7 Å². The highest BCUT2D eigenvalue weighted by Crippen LogP contribution is 2.29. The van der Waals surface area contributed by atoms with Gasteiger partial charge in [0.05, 0.1) is 24.3 Å². The van der Waals surface area contributed by atoms with E-state index in [0.29, 0.717) is 34.4 Å².